The van der Waals surface area contributed by atoms with Gasteiger partial charge in [0.1, 0.15) is 18.2 Å². The van der Waals surface area contributed by atoms with E-state index in [9.17, 15) is 0 Å². The standard InChI is InChI=1S/C14H13ClN2O.ClH/c15-12-5-1-10(2-6-12)9-18-13-7-3-11(4-8-13)14(16)17;/h1-8H,9H2,(H3,16,17);1H. The number of halogens is 2. The summed E-state index contributed by atoms with van der Waals surface area (Å²) in [5.74, 6) is 0.800. The third kappa shape index (κ3) is 4.47. The van der Waals surface area contributed by atoms with Crippen molar-refractivity contribution in [1.82, 2.24) is 0 Å². The number of hydrogen-bond acceptors (Lipinski definition) is 2. The Balaban J connectivity index is 0.00000180. The van der Waals surface area contributed by atoms with E-state index < -0.39 is 0 Å². The summed E-state index contributed by atoms with van der Waals surface area (Å²) in [7, 11) is 0. The summed E-state index contributed by atoms with van der Waals surface area (Å²) in [6, 6.07) is 14.6. The Morgan fingerprint density at radius 1 is 1.05 bits per heavy atom. The van der Waals surface area contributed by atoms with Gasteiger partial charge in [0.05, 0.1) is 0 Å². The zero-order chi connectivity index (χ0) is 13.0. The maximum atomic E-state index is 7.29. The lowest BCUT2D eigenvalue weighted by Gasteiger charge is -2.07. The minimum absolute atomic E-state index is 0. The summed E-state index contributed by atoms with van der Waals surface area (Å²) in [5, 5.41) is 8.00. The van der Waals surface area contributed by atoms with Crippen LogP contribution in [0.1, 0.15) is 11.1 Å². The number of amidine groups is 1. The average Bonchev–Trinajstić information content (AvgIpc) is 2.38. The zero-order valence-electron chi connectivity index (χ0n) is 10.1. The Hall–Kier alpha value is -1.71. The molecule has 0 unspecified atom stereocenters. The maximum Gasteiger partial charge on any atom is 0.122 e. The van der Waals surface area contributed by atoms with Crippen LogP contribution in [0.15, 0.2) is 48.5 Å². The molecule has 19 heavy (non-hydrogen) atoms. The fourth-order valence-corrected chi connectivity index (χ4v) is 1.60. The van der Waals surface area contributed by atoms with E-state index in [1.54, 1.807) is 24.3 Å². The topological polar surface area (TPSA) is 59.1 Å². The first kappa shape index (κ1) is 15.3. The molecule has 0 aliphatic carbocycles. The third-order valence-electron chi connectivity index (χ3n) is 2.48. The van der Waals surface area contributed by atoms with Crippen LogP contribution >= 0.6 is 24.0 Å². The van der Waals surface area contributed by atoms with Crippen LogP contribution in [-0.4, -0.2) is 5.84 Å². The summed E-state index contributed by atoms with van der Waals surface area (Å²) < 4.78 is 5.61. The third-order valence-corrected chi connectivity index (χ3v) is 2.74. The molecule has 3 N–H and O–H groups in total. The molecule has 100 valence electrons. The van der Waals surface area contributed by atoms with Crippen LogP contribution in [0.5, 0.6) is 5.75 Å². The Bertz CT molecular complexity index is 538. The van der Waals surface area contributed by atoms with Gasteiger partial charge >= 0.3 is 0 Å². The van der Waals surface area contributed by atoms with Gasteiger partial charge in [0.25, 0.3) is 0 Å². The van der Waals surface area contributed by atoms with Crippen molar-refractivity contribution in [1.29, 1.82) is 5.41 Å². The first-order valence-electron chi connectivity index (χ1n) is 5.47. The Morgan fingerprint density at radius 2 is 1.63 bits per heavy atom. The molecule has 0 aliphatic heterocycles. The molecule has 2 aromatic rings. The molecule has 0 atom stereocenters. The molecule has 2 rings (SSSR count). The first-order chi connectivity index (χ1) is 8.65. The highest BCUT2D eigenvalue weighted by Gasteiger charge is 1.99. The van der Waals surface area contributed by atoms with E-state index >= 15 is 0 Å². The normalized spacial score (nSPS) is 9.53. The summed E-state index contributed by atoms with van der Waals surface area (Å²) in [4.78, 5) is 0. The van der Waals surface area contributed by atoms with Crippen molar-refractivity contribution in [2.45, 2.75) is 6.61 Å². The van der Waals surface area contributed by atoms with E-state index in [1.807, 2.05) is 24.3 Å². The second-order valence-corrected chi connectivity index (χ2v) is 4.29. The summed E-state index contributed by atoms with van der Waals surface area (Å²) in [6.07, 6.45) is 0. The molecule has 0 fully saturated rings. The molecule has 0 aliphatic rings. The van der Waals surface area contributed by atoms with E-state index in [-0.39, 0.29) is 18.2 Å². The van der Waals surface area contributed by atoms with Crippen LogP contribution < -0.4 is 10.5 Å². The fourth-order valence-electron chi connectivity index (χ4n) is 1.48. The van der Waals surface area contributed by atoms with Crippen LogP contribution in [0.2, 0.25) is 5.02 Å². The lowest BCUT2D eigenvalue weighted by atomic mass is 10.2. The smallest absolute Gasteiger partial charge is 0.122 e. The van der Waals surface area contributed by atoms with Crippen molar-refractivity contribution >= 4 is 29.8 Å². The summed E-state index contributed by atoms with van der Waals surface area (Å²) in [6.45, 7) is 0.483. The molecular weight excluding hydrogens is 283 g/mol. The largest absolute Gasteiger partial charge is 0.489 e. The molecular formula is C14H14Cl2N2O. The van der Waals surface area contributed by atoms with Crippen LogP contribution in [0, 0.1) is 5.41 Å². The lowest BCUT2D eigenvalue weighted by Crippen LogP contribution is -2.10. The average molecular weight is 297 g/mol. The molecule has 0 saturated heterocycles. The van der Waals surface area contributed by atoms with E-state index in [0.717, 1.165) is 11.3 Å². The number of benzene rings is 2. The maximum absolute atomic E-state index is 7.29. The van der Waals surface area contributed by atoms with Crippen molar-refractivity contribution in [3.05, 3.63) is 64.7 Å². The number of nitrogens with one attached hydrogen (secondary N) is 1. The van der Waals surface area contributed by atoms with Crippen LogP contribution in [0.25, 0.3) is 0 Å². The van der Waals surface area contributed by atoms with Crippen molar-refractivity contribution in [2.75, 3.05) is 0 Å². The Morgan fingerprint density at radius 3 is 2.16 bits per heavy atom. The first-order valence-corrected chi connectivity index (χ1v) is 5.84. The van der Waals surface area contributed by atoms with E-state index in [2.05, 4.69) is 0 Å². The van der Waals surface area contributed by atoms with Gasteiger partial charge in [0.15, 0.2) is 0 Å². The molecule has 0 spiro atoms. The van der Waals surface area contributed by atoms with Gasteiger partial charge in [-0.1, -0.05) is 23.7 Å². The van der Waals surface area contributed by atoms with Gasteiger partial charge in [-0.3, -0.25) is 5.41 Å². The number of hydrogen-bond donors (Lipinski definition) is 2. The van der Waals surface area contributed by atoms with Gasteiger partial charge in [-0.15, -0.1) is 12.4 Å². The second kappa shape index (κ2) is 7.02. The highest BCUT2D eigenvalue weighted by Crippen LogP contribution is 2.15. The predicted molar refractivity (Wildman–Crippen MR) is 80.5 cm³/mol. The second-order valence-electron chi connectivity index (χ2n) is 3.85. The van der Waals surface area contributed by atoms with Gasteiger partial charge in [-0.2, -0.15) is 0 Å². The molecule has 5 heteroatoms. The van der Waals surface area contributed by atoms with Gasteiger partial charge < -0.3 is 10.5 Å². The minimum Gasteiger partial charge on any atom is -0.489 e. The van der Waals surface area contributed by atoms with Crippen molar-refractivity contribution in [2.24, 2.45) is 5.73 Å². The zero-order valence-corrected chi connectivity index (χ0v) is 11.7. The summed E-state index contributed by atoms with van der Waals surface area (Å²) in [5.41, 5.74) is 7.11. The SMILES string of the molecule is Cl.N=C(N)c1ccc(OCc2ccc(Cl)cc2)cc1. The highest BCUT2D eigenvalue weighted by molar-refractivity contribution is 6.30. The number of rotatable bonds is 4. The monoisotopic (exact) mass is 296 g/mol. The van der Waals surface area contributed by atoms with Crippen molar-refractivity contribution in [3.8, 4) is 5.75 Å². The summed E-state index contributed by atoms with van der Waals surface area (Å²) >= 11 is 5.80. The minimum atomic E-state index is 0. The van der Waals surface area contributed by atoms with Crippen molar-refractivity contribution in [3.63, 3.8) is 0 Å². The quantitative estimate of drug-likeness (QED) is 0.669. The van der Waals surface area contributed by atoms with Crippen molar-refractivity contribution < 1.29 is 4.74 Å². The van der Waals surface area contributed by atoms with E-state index in [0.29, 0.717) is 17.2 Å². The van der Waals surface area contributed by atoms with Gasteiger partial charge in [-0.25, -0.2) is 0 Å². The molecule has 2 aromatic carbocycles. The highest BCUT2D eigenvalue weighted by atomic mass is 35.5. The fraction of sp³-hybridized carbons (Fsp3) is 0.0714. The molecule has 0 heterocycles. The van der Waals surface area contributed by atoms with Crippen LogP contribution in [0.4, 0.5) is 0 Å². The molecule has 0 aromatic heterocycles. The van der Waals surface area contributed by atoms with E-state index in [1.165, 1.54) is 0 Å². The number of nitrogen functional groups attached to an aromatic ring is 1. The van der Waals surface area contributed by atoms with Gasteiger partial charge in [0, 0.05) is 10.6 Å². The number of nitrogens with two attached hydrogens (primary N) is 1. The van der Waals surface area contributed by atoms with Crippen LogP contribution in [-0.2, 0) is 6.61 Å². The van der Waals surface area contributed by atoms with E-state index in [4.69, 9.17) is 27.5 Å². The molecule has 3 nitrogen and oxygen atoms in total. The molecule has 0 saturated carbocycles. The predicted octanol–water partition coefficient (Wildman–Crippen LogP) is 3.62. The Kier molecular flexibility index (Phi) is 5.67. The Labute approximate surface area is 123 Å². The lowest BCUT2D eigenvalue weighted by molar-refractivity contribution is 0.306. The van der Waals surface area contributed by atoms with Gasteiger partial charge in [-0.05, 0) is 42.0 Å². The molecule has 0 radical (unpaired) electrons. The molecule has 0 amide bonds. The number of ether oxygens (including phenoxy) is 1. The van der Waals surface area contributed by atoms with Crippen LogP contribution in [0.3, 0.4) is 0 Å². The molecule has 0 bridgehead atoms. The van der Waals surface area contributed by atoms with Gasteiger partial charge in [0.2, 0.25) is 0 Å².